The van der Waals surface area contributed by atoms with Gasteiger partial charge in [0.15, 0.2) is 0 Å². The van der Waals surface area contributed by atoms with Crippen LogP contribution in [0.15, 0.2) is 101 Å². The second-order valence-electron chi connectivity index (χ2n) is 9.50. The van der Waals surface area contributed by atoms with Crippen LogP contribution >= 0.6 is 0 Å². The summed E-state index contributed by atoms with van der Waals surface area (Å²) in [6.45, 7) is 1.18. The Morgan fingerprint density at radius 1 is 0.919 bits per heavy atom. The number of aromatic amines is 1. The minimum absolute atomic E-state index is 0.0300. The van der Waals surface area contributed by atoms with Gasteiger partial charge in [-0.05, 0) is 66.0 Å². The second-order valence-corrected chi connectivity index (χ2v) is 11.2. The van der Waals surface area contributed by atoms with Gasteiger partial charge in [-0.1, -0.05) is 60.7 Å². The van der Waals surface area contributed by atoms with Gasteiger partial charge >= 0.3 is 0 Å². The van der Waals surface area contributed by atoms with Gasteiger partial charge < -0.3 is 9.88 Å². The minimum atomic E-state index is -4.03. The first kappa shape index (κ1) is 24.9. The highest BCUT2D eigenvalue weighted by atomic mass is 32.2. The number of pyridine rings is 1. The van der Waals surface area contributed by atoms with Crippen molar-refractivity contribution in [1.29, 1.82) is 0 Å². The molecule has 0 spiro atoms. The van der Waals surface area contributed by atoms with Crippen molar-refractivity contribution in [3.05, 3.63) is 112 Å². The number of hydrogen-bond acceptors (Lipinski definition) is 4. The summed E-state index contributed by atoms with van der Waals surface area (Å²) in [7, 11) is -4.03. The van der Waals surface area contributed by atoms with Crippen LogP contribution in [0.5, 0.6) is 0 Å². The van der Waals surface area contributed by atoms with E-state index in [1.807, 2.05) is 24.3 Å². The molecule has 0 radical (unpaired) electrons. The molecule has 1 saturated heterocycles. The summed E-state index contributed by atoms with van der Waals surface area (Å²) in [6.07, 6.45) is 2.72. The smallest absolute Gasteiger partial charge is 0.248 e. The van der Waals surface area contributed by atoms with Gasteiger partial charge in [0.05, 0.1) is 4.90 Å². The van der Waals surface area contributed by atoms with Crippen molar-refractivity contribution in [3.63, 3.8) is 0 Å². The Hall–Kier alpha value is -3.75. The van der Waals surface area contributed by atoms with E-state index < -0.39 is 16.1 Å². The Kier molecular flexibility index (Phi) is 7.21. The molecule has 2 N–H and O–H groups in total. The molecule has 4 aromatic rings. The zero-order valence-electron chi connectivity index (χ0n) is 20.3. The van der Waals surface area contributed by atoms with Crippen LogP contribution in [0.2, 0.25) is 0 Å². The first-order valence-electron chi connectivity index (χ1n) is 12.4. The van der Waals surface area contributed by atoms with E-state index in [1.54, 1.807) is 41.3 Å². The number of benzene rings is 3. The molecule has 0 bridgehead atoms. The van der Waals surface area contributed by atoms with E-state index >= 15 is 0 Å². The van der Waals surface area contributed by atoms with Gasteiger partial charge in [0.2, 0.25) is 21.5 Å². The highest BCUT2D eigenvalue weighted by Crippen LogP contribution is 2.26. The molecule has 1 aliphatic heterocycles. The second kappa shape index (κ2) is 10.7. The van der Waals surface area contributed by atoms with E-state index in [9.17, 15) is 18.0 Å². The SMILES string of the molecule is O=C(C(NS(=O)(=O)c1ccc2[nH]c(=O)ccc2c1)c1ccccc1)N1CCC(Cc2ccccc2)CC1. The van der Waals surface area contributed by atoms with Gasteiger partial charge in [0.1, 0.15) is 6.04 Å². The Balaban J connectivity index is 1.35. The molecular formula is C29H29N3O4S. The number of nitrogens with zero attached hydrogens (tertiary/aromatic N) is 1. The maximum absolute atomic E-state index is 13.7. The summed E-state index contributed by atoms with van der Waals surface area (Å²) in [4.78, 5) is 29.7. The fourth-order valence-corrected chi connectivity index (χ4v) is 6.13. The van der Waals surface area contributed by atoms with Crippen LogP contribution in [0.3, 0.4) is 0 Å². The number of piperidine rings is 1. The van der Waals surface area contributed by atoms with Gasteiger partial charge in [-0.3, -0.25) is 9.59 Å². The first-order chi connectivity index (χ1) is 17.9. The average molecular weight is 516 g/mol. The Morgan fingerprint density at radius 3 is 2.30 bits per heavy atom. The molecule has 1 unspecified atom stereocenters. The van der Waals surface area contributed by atoms with E-state index in [4.69, 9.17) is 0 Å². The van der Waals surface area contributed by atoms with E-state index in [2.05, 4.69) is 21.8 Å². The first-order valence-corrected chi connectivity index (χ1v) is 13.9. The molecule has 1 fully saturated rings. The number of hydrogen-bond donors (Lipinski definition) is 2. The molecule has 2 heterocycles. The normalized spacial score (nSPS) is 15.5. The van der Waals surface area contributed by atoms with Gasteiger partial charge in [-0.2, -0.15) is 4.72 Å². The standard InChI is InChI=1S/C29H29N3O4S/c33-27-14-11-24-20-25(12-13-26(24)30-27)37(35,36)31-28(23-9-5-2-6-10-23)29(34)32-17-15-22(16-18-32)19-21-7-3-1-4-8-21/h1-14,20,22,28,31H,15-19H2,(H,30,33). The fourth-order valence-electron chi connectivity index (χ4n) is 4.92. The van der Waals surface area contributed by atoms with Crippen LogP contribution in [0.1, 0.15) is 30.0 Å². The predicted octanol–water partition coefficient (Wildman–Crippen LogP) is 4.03. The Morgan fingerprint density at radius 2 is 1.59 bits per heavy atom. The molecule has 1 atom stereocenters. The largest absolute Gasteiger partial charge is 0.341 e. The monoisotopic (exact) mass is 515 g/mol. The van der Waals surface area contributed by atoms with Crippen molar-refractivity contribution < 1.29 is 13.2 Å². The zero-order chi connectivity index (χ0) is 25.8. The predicted molar refractivity (Wildman–Crippen MR) is 144 cm³/mol. The lowest BCUT2D eigenvalue weighted by Gasteiger charge is -2.34. The topological polar surface area (TPSA) is 99.3 Å². The molecule has 8 heteroatoms. The Labute approximate surface area is 216 Å². The van der Waals surface area contributed by atoms with Crippen molar-refractivity contribution in [3.8, 4) is 0 Å². The summed E-state index contributed by atoms with van der Waals surface area (Å²) in [5, 5.41) is 0.588. The van der Waals surface area contributed by atoms with E-state index in [0.29, 0.717) is 35.5 Å². The molecule has 5 rings (SSSR count). The average Bonchev–Trinajstić information content (AvgIpc) is 2.92. The van der Waals surface area contributed by atoms with Crippen molar-refractivity contribution >= 4 is 26.8 Å². The van der Waals surface area contributed by atoms with E-state index in [-0.39, 0.29) is 16.4 Å². The number of carbonyl (C=O) groups is 1. The molecule has 1 amide bonds. The summed E-state index contributed by atoms with van der Waals surface area (Å²) in [6, 6.07) is 25.7. The third kappa shape index (κ3) is 5.81. The van der Waals surface area contributed by atoms with Gasteiger partial charge in [0, 0.05) is 24.7 Å². The summed E-state index contributed by atoms with van der Waals surface area (Å²) >= 11 is 0. The van der Waals surface area contributed by atoms with E-state index in [0.717, 1.165) is 19.3 Å². The number of H-pyrrole nitrogens is 1. The van der Waals surface area contributed by atoms with Crippen LogP contribution in [-0.2, 0) is 21.2 Å². The van der Waals surface area contributed by atoms with Crippen molar-refractivity contribution in [2.24, 2.45) is 5.92 Å². The maximum atomic E-state index is 13.7. The molecule has 1 aliphatic rings. The van der Waals surface area contributed by atoms with Gasteiger partial charge in [0.25, 0.3) is 0 Å². The van der Waals surface area contributed by atoms with Crippen molar-refractivity contribution in [2.75, 3.05) is 13.1 Å². The summed E-state index contributed by atoms with van der Waals surface area (Å²) < 4.78 is 29.5. The number of amides is 1. The fraction of sp³-hybridized carbons (Fsp3) is 0.241. The van der Waals surface area contributed by atoms with Gasteiger partial charge in [-0.15, -0.1) is 0 Å². The third-order valence-corrected chi connectivity index (χ3v) is 8.37. The quantitative estimate of drug-likeness (QED) is 0.388. The molecule has 3 aromatic carbocycles. The highest BCUT2D eigenvalue weighted by Gasteiger charge is 2.32. The zero-order valence-corrected chi connectivity index (χ0v) is 21.2. The maximum Gasteiger partial charge on any atom is 0.248 e. The molecule has 37 heavy (non-hydrogen) atoms. The number of fused-ring (bicyclic) bond motifs is 1. The molecule has 0 aliphatic carbocycles. The van der Waals surface area contributed by atoms with Gasteiger partial charge in [-0.25, -0.2) is 8.42 Å². The lowest BCUT2D eigenvalue weighted by Crippen LogP contribution is -2.46. The minimum Gasteiger partial charge on any atom is -0.341 e. The van der Waals surface area contributed by atoms with E-state index in [1.165, 1.54) is 23.8 Å². The van der Waals surface area contributed by atoms with Crippen LogP contribution in [0.4, 0.5) is 0 Å². The molecule has 190 valence electrons. The van der Waals surface area contributed by atoms with Crippen molar-refractivity contribution in [2.45, 2.75) is 30.2 Å². The third-order valence-electron chi connectivity index (χ3n) is 6.95. The lowest BCUT2D eigenvalue weighted by molar-refractivity contribution is -0.134. The number of rotatable bonds is 7. The van der Waals surface area contributed by atoms with Crippen LogP contribution in [-0.4, -0.2) is 37.3 Å². The van der Waals surface area contributed by atoms with Crippen LogP contribution in [0, 0.1) is 5.92 Å². The Bertz CT molecular complexity index is 1540. The number of likely N-dealkylation sites (tertiary alicyclic amines) is 1. The number of sulfonamides is 1. The van der Waals surface area contributed by atoms with Crippen LogP contribution in [0.25, 0.3) is 10.9 Å². The molecule has 1 aromatic heterocycles. The molecule has 0 saturated carbocycles. The van der Waals surface area contributed by atoms with Crippen molar-refractivity contribution in [1.82, 2.24) is 14.6 Å². The molecule has 7 nitrogen and oxygen atoms in total. The number of nitrogens with one attached hydrogen (secondary N) is 2. The van der Waals surface area contributed by atoms with Crippen LogP contribution < -0.4 is 10.3 Å². The number of aromatic nitrogens is 1. The molecular weight excluding hydrogens is 486 g/mol. The number of carbonyl (C=O) groups excluding carboxylic acids is 1. The summed E-state index contributed by atoms with van der Waals surface area (Å²) in [5.41, 5.74) is 2.17. The highest BCUT2D eigenvalue weighted by molar-refractivity contribution is 7.89. The lowest BCUT2D eigenvalue weighted by atomic mass is 9.90. The summed E-state index contributed by atoms with van der Waals surface area (Å²) in [5.74, 6) is 0.236.